The third-order valence-electron chi connectivity index (χ3n) is 6.06. The normalized spacial score (nSPS) is 20.3. The van der Waals surface area contributed by atoms with Gasteiger partial charge in [0.15, 0.2) is 0 Å². The average molecular weight is 395 g/mol. The summed E-state index contributed by atoms with van der Waals surface area (Å²) in [6.07, 6.45) is 4.84. The van der Waals surface area contributed by atoms with Gasteiger partial charge in [0.2, 0.25) is 11.8 Å². The van der Waals surface area contributed by atoms with Crippen molar-refractivity contribution in [2.24, 2.45) is 0 Å². The monoisotopic (exact) mass is 394 g/mol. The molecule has 2 amide bonds. The largest absolute Gasteiger partial charge is 0.374 e. The van der Waals surface area contributed by atoms with Gasteiger partial charge in [-0.3, -0.25) is 9.59 Å². The molecular weight excluding hydrogens is 364 g/mol. The van der Waals surface area contributed by atoms with Crippen LogP contribution in [0.4, 0.5) is 0 Å². The van der Waals surface area contributed by atoms with Crippen LogP contribution in [0, 0.1) is 0 Å². The van der Waals surface area contributed by atoms with E-state index in [9.17, 15) is 9.59 Å². The summed E-state index contributed by atoms with van der Waals surface area (Å²) >= 11 is 0. The Morgan fingerprint density at radius 2 is 1.93 bits per heavy atom. The molecule has 2 aromatic carbocycles. The van der Waals surface area contributed by atoms with E-state index in [4.69, 9.17) is 4.74 Å². The minimum Gasteiger partial charge on any atom is -0.374 e. The smallest absolute Gasteiger partial charge is 0.222 e. The summed E-state index contributed by atoms with van der Waals surface area (Å²) in [5.74, 6) is 0.422. The van der Waals surface area contributed by atoms with Gasteiger partial charge in [-0.2, -0.15) is 0 Å². The number of hydrogen-bond donors (Lipinski definition) is 0. The molecule has 0 spiro atoms. The molecule has 0 N–H and O–H groups in total. The molecule has 0 aliphatic carbocycles. The van der Waals surface area contributed by atoms with Crippen molar-refractivity contribution in [2.45, 2.75) is 44.6 Å². The molecule has 0 radical (unpaired) electrons. The number of amides is 2. The highest BCUT2D eigenvalue weighted by Gasteiger charge is 2.25. The van der Waals surface area contributed by atoms with E-state index >= 15 is 0 Å². The second-order valence-corrected chi connectivity index (χ2v) is 8.12. The Bertz CT molecular complexity index is 861. The second kappa shape index (κ2) is 9.40. The molecule has 5 nitrogen and oxygen atoms in total. The molecule has 0 aromatic heterocycles. The molecule has 2 aliphatic rings. The van der Waals surface area contributed by atoms with Gasteiger partial charge >= 0.3 is 0 Å². The summed E-state index contributed by atoms with van der Waals surface area (Å²) in [5.41, 5.74) is 1.27. The van der Waals surface area contributed by atoms with Crippen molar-refractivity contribution in [1.29, 1.82) is 0 Å². The van der Waals surface area contributed by atoms with Gasteiger partial charge in [-0.05, 0) is 35.6 Å². The highest BCUT2D eigenvalue weighted by Crippen LogP contribution is 2.22. The fraction of sp³-hybridized carbons (Fsp3) is 0.500. The van der Waals surface area contributed by atoms with E-state index in [2.05, 4.69) is 42.5 Å². The molecule has 154 valence electrons. The quantitative estimate of drug-likeness (QED) is 0.755. The molecule has 2 aliphatic heterocycles. The van der Waals surface area contributed by atoms with E-state index in [-0.39, 0.29) is 17.9 Å². The van der Waals surface area contributed by atoms with Crippen molar-refractivity contribution in [3.63, 3.8) is 0 Å². The molecule has 0 bridgehead atoms. The number of rotatable bonds is 6. The van der Waals surface area contributed by atoms with Crippen LogP contribution >= 0.6 is 0 Å². The molecule has 1 unspecified atom stereocenters. The number of likely N-dealkylation sites (tertiary alicyclic amines) is 1. The maximum Gasteiger partial charge on any atom is 0.222 e. The third-order valence-corrected chi connectivity index (χ3v) is 6.06. The Morgan fingerprint density at radius 3 is 2.83 bits per heavy atom. The lowest BCUT2D eigenvalue weighted by molar-refractivity contribution is -0.139. The fourth-order valence-corrected chi connectivity index (χ4v) is 4.46. The van der Waals surface area contributed by atoms with E-state index < -0.39 is 0 Å². The number of morpholine rings is 1. The minimum atomic E-state index is 0.0298. The molecule has 29 heavy (non-hydrogen) atoms. The number of benzene rings is 2. The first kappa shape index (κ1) is 19.9. The number of carbonyl (C=O) groups excluding carboxylic acids is 2. The molecule has 2 fully saturated rings. The summed E-state index contributed by atoms with van der Waals surface area (Å²) in [4.78, 5) is 28.5. The molecule has 2 heterocycles. The van der Waals surface area contributed by atoms with Gasteiger partial charge in [0.1, 0.15) is 0 Å². The van der Waals surface area contributed by atoms with E-state index in [0.717, 1.165) is 32.2 Å². The van der Waals surface area contributed by atoms with Crippen molar-refractivity contribution >= 4 is 22.6 Å². The zero-order chi connectivity index (χ0) is 20.1. The van der Waals surface area contributed by atoms with E-state index in [0.29, 0.717) is 39.1 Å². The highest BCUT2D eigenvalue weighted by atomic mass is 16.5. The van der Waals surface area contributed by atoms with Crippen molar-refractivity contribution < 1.29 is 14.3 Å². The minimum absolute atomic E-state index is 0.0298. The molecule has 2 aromatic rings. The first-order valence-corrected chi connectivity index (χ1v) is 10.8. The van der Waals surface area contributed by atoms with Crippen LogP contribution in [0.15, 0.2) is 42.5 Å². The first-order valence-electron chi connectivity index (χ1n) is 10.8. The lowest BCUT2D eigenvalue weighted by atomic mass is 9.99. The van der Waals surface area contributed by atoms with Crippen LogP contribution in [0.3, 0.4) is 0 Å². The summed E-state index contributed by atoms with van der Waals surface area (Å²) in [7, 11) is 0. The third kappa shape index (κ3) is 4.96. The first-order chi connectivity index (χ1) is 14.2. The predicted octanol–water partition coefficient (Wildman–Crippen LogP) is 3.40. The lowest BCUT2D eigenvalue weighted by Crippen LogP contribution is -2.46. The average Bonchev–Trinajstić information content (AvgIpc) is 2.75. The second-order valence-electron chi connectivity index (χ2n) is 8.12. The van der Waals surface area contributed by atoms with Gasteiger partial charge in [-0.15, -0.1) is 0 Å². The maximum absolute atomic E-state index is 12.7. The standard InChI is InChI=1S/C24H30N2O3/c27-23-11-3-4-13-25(23)14-6-12-24(28)26-15-16-29-21(18-26)17-20-9-5-8-19-7-1-2-10-22(19)20/h1-2,5,7-10,21H,3-4,6,11-18H2. The van der Waals surface area contributed by atoms with E-state index in [1.165, 1.54) is 16.3 Å². The Kier molecular flexibility index (Phi) is 6.45. The fourth-order valence-electron chi connectivity index (χ4n) is 4.46. The van der Waals surface area contributed by atoms with Gasteiger partial charge in [0.25, 0.3) is 0 Å². The van der Waals surface area contributed by atoms with Crippen molar-refractivity contribution in [2.75, 3.05) is 32.8 Å². The highest BCUT2D eigenvalue weighted by molar-refractivity contribution is 5.85. The van der Waals surface area contributed by atoms with Gasteiger partial charge in [0.05, 0.1) is 12.7 Å². The molecule has 1 atom stereocenters. The number of fused-ring (bicyclic) bond motifs is 1. The Balaban J connectivity index is 1.29. The van der Waals surface area contributed by atoms with Gasteiger partial charge in [0, 0.05) is 45.4 Å². The molecule has 4 rings (SSSR count). The molecule has 2 saturated heterocycles. The van der Waals surface area contributed by atoms with Crippen LogP contribution in [0.25, 0.3) is 10.8 Å². The van der Waals surface area contributed by atoms with Crippen LogP contribution < -0.4 is 0 Å². The van der Waals surface area contributed by atoms with Crippen LogP contribution in [0.1, 0.15) is 37.7 Å². The number of carbonyl (C=O) groups is 2. The summed E-state index contributed by atoms with van der Waals surface area (Å²) in [6, 6.07) is 14.8. The maximum atomic E-state index is 12.7. The Labute approximate surface area is 172 Å². The van der Waals surface area contributed by atoms with Gasteiger partial charge in [-0.1, -0.05) is 42.5 Å². The van der Waals surface area contributed by atoms with Crippen molar-refractivity contribution in [3.05, 3.63) is 48.0 Å². The van der Waals surface area contributed by atoms with Gasteiger partial charge < -0.3 is 14.5 Å². The summed E-state index contributed by atoms with van der Waals surface area (Å²) < 4.78 is 5.98. The lowest BCUT2D eigenvalue weighted by Gasteiger charge is -2.33. The SMILES string of the molecule is O=C1CCCCN1CCCC(=O)N1CCOC(Cc2cccc3ccccc23)C1. The van der Waals surface area contributed by atoms with E-state index in [1.54, 1.807) is 0 Å². The van der Waals surface area contributed by atoms with E-state index in [1.807, 2.05) is 9.80 Å². The molecule has 0 saturated carbocycles. The number of piperidine rings is 1. The van der Waals surface area contributed by atoms with Crippen LogP contribution in [0.2, 0.25) is 0 Å². The zero-order valence-corrected chi connectivity index (χ0v) is 17.0. The van der Waals surface area contributed by atoms with Crippen molar-refractivity contribution in [3.8, 4) is 0 Å². The molecule has 5 heteroatoms. The number of nitrogens with zero attached hydrogens (tertiary/aromatic N) is 2. The topological polar surface area (TPSA) is 49.9 Å². The van der Waals surface area contributed by atoms with Crippen LogP contribution in [-0.4, -0.2) is 60.5 Å². The van der Waals surface area contributed by atoms with Gasteiger partial charge in [-0.25, -0.2) is 0 Å². The molecular formula is C24H30N2O3. The number of hydrogen-bond acceptors (Lipinski definition) is 3. The zero-order valence-electron chi connectivity index (χ0n) is 17.0. The summed E-state index contributed by atoms with van der Waals surface area (Å²) in [6.45, 7) is 3.44. The number of ether oxygens (including phenoxy) is 1. The predicted molar refractivity (Wildman–Crippen MR) is 114 cm³/mol. The van der Waals surface area contributed by atoms with Crippen LogP contribution in [0.5, 0.6) is 0 Å². The Hall–Kier alpha value is -2.40. The van der Waals surface area contributed by atoms with Crippen LogP contribution in [-0.2, 0) is 20.7 Å². The van der Waals surface area contributed by atoms with Crippen molar-refractivity contribution in [1.82, 2.24) is 9.80 Å². The summed E-state index contributed by atoms with van der Waals surface area (Å²) in [5, 5.41) is 2.49. The Morgan fingerprint density at radius 1 is 1.07 bits per heavy atom.